The lowest BCUT2D eigenvalue weighted by molar-refractivity contribution is -0.111. The lowest BCUT2D eigenvalue weighted by Gasteiger charge is -2.34. The molecule has 0 spiro atoms. The van der Waals surface area contributed by atoms with Crippen LogP contribution >= 0.6 is 0 Å². The third-order valence-electron chi connectivity index (χ3n) is 4.65. The molecule has 2 aliphatic carbocycles. The molecule has 20 heavy (non-hydrogen) atoms. The fourth-order valence-corrected chi connectivity index (χ4v) is 3.43. The molecule has 0 saturated carbocycles. The second-order valence-electron chi connectivity index (χ2n) is 6.38. The standard InChI is InChI=1S/C17H18O3/c1-9-14(18)11-6-7-12-10(5-4-8-17(12,2)3)13(11)16(20)15(9)19/h6-7,18H,4-5,8H2,1-3H3. The van der Waals surface area contributed by atoms with E-state index in [2.05, 4.69) is 13.8 Å². The molecule has 3 heteroatoms. The molecule has 1 aromatic carbocycles. The lowest BCUT2D eigenvalue weighted by Crippen LogP contribution is -2.30. The van der Waals surface area contributed by atoms with Crippen LogP contribution in [0.15, 0.2) is 17.7 Å². The lowest BCUT2D eigenvalue weighted by atomic mass is 9.69. The summed E-state index contributed by atoms with van der Waals surface area (Å²) in [6.45, 7) is 5.82. The van der Waals surface area contributed by atoms with Crippen LogP contribution in [0.3, 0.4) is 0 Å². The molecule has 1 N–H and O–H groups in total. The Bertz CT molecular complexity index is 678. The highest BCUT2D eigenvalue weighted by Gasteiger charge is 2.37. The Labute approximate surface area is 118 Å². The van der Waals surface area contributed by atoms with Crippen LogP contribution < -0.4 is 0 Å². The van der Waals surface area contributed by atoms with E-state index in [1.807, 2.05) is 6.07 Å². The van der Waals surface area contributed by atoms with Crippen molar-refractivity contribution >= 4 is 17.3 Å². The van der Waals surface area contributed by atoms with E-state index in [-0.39, 0.29) is 16.7 Å². The molecule has 0 saturated heterocycles. The van der Waals surface area contributed by atoms with Gasteiger partial charge in [-0.3, -0.25) is 9.59 Å². The minimum absolute atomic E-state index is 0.0117. The van der Waals surface area contributed by atoms with E-state index >= 15 is 0 Å². The predicted octanol–water partition coefficient (Wildman–Crippen LogP) is 3.35. The largest absolute Gasteiger partial charge is 0.507 e. The minimum atomic E-state index is -0.577. The van der Waals surface area contributed by atoms with Gasteiger partial charge in [0.1, 0.15) is 5.76 Å². The zero-order chi connectivity index (χ0) is 14.7. The maximum Gasteiger partial charge on any atom is 0.234 e. The second kappa shape index (κ2) is 4.05. The Balaban J connectivity index is 2.35. The number of aliphatic hydroxyl groups is 1. The van der Waals surface area contributed by atoms with Gasteiger partial charge in [0.25, 0.3) is 0 Å². The van der Waals surface area contributed by atoms with E-state index in [9.17, 15) is 14.7 Å². The Morgan fingerprint density at radius 2 is 1.85 bits per heavy atom. The Morgan fingerprint density at radius 1 is 1.15 bits per heavy atom. The highest BCUT2D eigenvalue weighted by molar-refractivity contribution is 6.52. The number of rotatable bonds is 0. The van der Waals surface area contributed by atoms with Gasteiger partial charge in [0.05, 0.1) is 0 Å². The molecule has 3 rings (SSSR count). The fourth-order valence-electron chi connectivity index (χ4n) is 3.43. The van der Waals surface area contributed by atoms with Gasteiger partial charge in [-0.2, -0.15) is 0 Å². The number of carbonyl (C=O) groups excluding carboxylic acids is 2. The average molecular weight is 270 g/mol. The van der Waals surface area contributed by atoms with Crippen molar-refractivity contribution in [1.82, 2.24) is 0 Å². The van der Waals surface area contributed by atoms with Crippen molar-refractivity contribution in [2.24, 2.45) is 0 Å². The number of aliphatic hydroxyl groups excluding tert-OH is 1. The molecule has 0 unspecified atom stereocenters. The molecule has 0 heterocycles. The molecule has 0 amide bonds. The third-order valence-corrected chi connectivity index (χ3v) is 4.65. The zero-order valence-electron chi connectivity index (χ0n) is 12.0. The van der Waals surface area contributed by atoms with Gasteiger partial charge < -0.3 is 5.11 Å². The van der Waals surface area contributed by atoms with Crippen molar-refractivity contribution < 1.29 is 14.7 Å². The van der Waals surface area contributed by atoms with E-state index in [0.29, 0.717) is 11.1 Å². The molecule has 0 atom stereocenters. The van der Waals surface area contributed by atoms with Crippen molar-refractivity contribution in [2.75, 3.05) is 0 Å². The molecule has 2 aliphatic rings. The topological polar surface area (TPSA) is 54.4 Å². The van der Waals surface area contributed by atoms with Gasteiger partial charge in [0.15, 0.2) is 0 Å². The first-order valence-electron chi connectivity index (χ1n) is 7.00. The maximum absolute atomic E-state index is 12.4. The number of fused-ring (bicyclic) bond motifs is 3. The van der Waals surface area contributed by atoms with Crippen LogP contribution in [0.2, 0.25) is 0 Å². The van der Waals surface area contributed by atoms with Crippen LogP contribution in [0.1, 0.15) is 60.7 Å². The van der Waals surface area contributed by atoms with Crippen molar-refractivity contribution in [3.8, 4) is 0 Å². The normalized spacial score (nSPS) is 20.8. The quantitative estimate of drug-likeness (QED) is 0.735. The van der Waals surface area contributed by atoms with E-state index in [0.717, 1.165) is 30.4 Å². The minimum Gasteiger partial charge on any atom is -0.507 e. The van der Waals surface area contributed by atoms with Crippen LogP contribution in [0, 0.1) is 0 Å². The van der Waals surface area contributed by atoms with Gasteiger partial charge in [-0.15, -0.1) is 0 Å². The van der Waals surface area contributed by atoms with E-state index < -0.39 is 11.6 Å². The van der Waals surface area contributed by atoms with E-state index in [1.165, 1.54) is 6.92 Å². The second-order valence-corrected chi connectivity index (χ2v) is 6.38. The van der Waals surface area contributed by atoms with Gasteiger partial charge in [-0.25, -0.2) is 0 Å². The molecular weight excluding hydrogens is 252 g/mol. The van der Waals surface area contributed by atoms with Crippen LogP contribution in [-0.2, 0) is 16.6 Å². The van der Waals surface area contributed by atoms with Crippen LogP contribution in [-0.4, -0.2) is 16.7 Å². The summed E-state index contributed by atoms with van der Waals surface area (Å²) in [5.74, 6) is -1.09. The molecule has 0 fully saturated rings. The van der Waals surface area contributed by atoms with Gasteiger partial charge in [0.2, 0.25) is 11.6 Å². The number of hydrogen-bond donors (Lipinski definition) is 1. The highest BCUT2D eigenvalue weighted by atomic mass is 16.3. The summed E-state index contributed by atoms with van der Waals surface area (Å²) in [6.07, 6.45) is 2.87. The SMILES string of the molecule is CC1=C(O)c2ccc3c(c2C(=O)C1=O)CCCC3(C)C. The summed E-state index contributed by atoms with van der Waals surface area (Å²) in [7, 11) is 0. The monoisotopic (exact) mass is 270 g/mol. The molecule has 0 bridgehead atoms. The summed E-state index contributed by atoms with van der Waals surface area (Å²) in [5.41, 5.74) is 3.20. The highest BCUT2D eigenvalue weighted by Crippen LogP contribution is 2.41. The van der Waals surface area contributed by atoms with Crippen LogP contribution in [0.4, 0.5) is 0 Å². The molecule has 0 aromatic heterocycles. The van der Waals surface area contributed by atoms with Crippen molar-refractivity contribution in [1.29, 1.82) is 0 Å². The van der Waals surface area contributed by atoms with Crippen molar-refractivity contribution in [3.05, 3.63) is 40.0 Å². The van der Waals surface area contributed by atoms with Crippen molar-refractivity contribution in [2.45, 2.75) is 45.4 Å². The predicted molar refractivity (Wildman–Crippen MR) is 77.0 cm³/mol. The van der Waals surface area contributed by atoms with Gasteiger partial charge >= 0.3 is 0 Å². The van der Waals surface area contributed by atoms with Crippen molar-refractivity contribution in [3.63, 3.8) is 0 Å². The number of Topliss-reactive ketones (excluding diaryl/α,β-unsaturated/α-hetero) is 2. The number of allylic oxidation sites excluding steroid dienone is 1. The first-order valence-corrected chi connectivity index (χ1v) is 7.00. The third kappa shape index (κ3) is 1.59. The summed E-state index contributed by atoms with van der Waals surface area (Å²) < 4.78 is 0. The number of carbonyl (C=O) groups is 2. The summed E-state index contributed by atoms with van der Waals surface area (Å²) >= 11 is 0. The Hall–Kier alpha value is -1.90. The average Bonchev–Trinajstić information content (AvgIpc) is 2.41. The Morgan fingerprint density at radius 3 is 2.55 bits per heavy atom. The molecular formula is C17H18O3. The van der Waals surface area contributed by atoms with Gasteiger partial charge in [-0.05, 0) is 42.7 Å². The zero-order valence-corrected chi connectivity index (χ0v) is 12.0. The van der Waals surface area contributed by atoms with Gasteiger partial charge in [-0.1, -0.05) is 26.0 Å². The molecule has 0 radical (unpaired) electrons. The van der Waals surface area contributed by atoms with E-state index in [1.54, 1.807) is 6.07 Å². The molecule has 0 aliphatic heterocycles. The number of hydrogen-bond acceptors (Lipinski definition) is 3. The van der Waals surface area contributed by atoms with Gasteiger partial charge in [0, 0.05) is 16.7 Å². The Kier molecular flexibility index (Phi) is 2.65. The number of ketones is 2. The fraction of sp³-hybridized carbons (Fsp3) is 0.412. The number of benzene rings is 1. The molecule has 1 aromatic rings. The summed E-state index contributed by atoms with van der Waals surface area (Å²) in [5, 5.41) is 10.2. The maximum atomic E-state index is 12.4. The van der Waals surface area contributed by atoms with E-state index in [4.69, 9.17) is 0 Å². The molecule has 104 valence electrons. The first kappa shape index (κ1) is 13.1. The summed E-state index contributed by atoms with van der Waals surface area (Å²) in [4.78, 5) is 24.3. The smallest absolute Gasteiger partial charge is 0.234 e. The van der Waals surface area contributed by atoms with Crippen LogP contribution in [0.5, 0.6) is 0 Å². The van der Waals surface area contributed by atoms with Crippen LogP contribution in [0.25, 0.3) is 5.76 Å². The first-order chi connectivity index (χ1) is 9.34. The summed E-state index contributed by atoms with van der Waals surface area (Å²) in [6, 6.07) is 3.78. The molecule has 3 nitrogen and oxygen atoms in total.